The number of halogens is 1. The third kappa shape index (κ3) is 2.39. The molecule has 0 amide bonds. The summed E-state index contributed by atoms with van der Waals surface area (Å²) in [6, 6.07) is 6.71. The first-order chi connectivity index (χ1) is 9.78. The number of alkyl halides is 1. The van der Waals surface area contributed by atoms with Crippen LogP contribution in [0.3, 0.4) is 0 Å². The molecule has 2 atom stereocenters. The predicted octanol–water partition coefficient (Wildman–Crippen LogP) is 4.19. The lowest BCUT2D eigenvalue weighted by Gasteiger charge is -2.09. The Balaban J connectivity index is 2.03. The zero-order valence-electron chi connectivity index (χ0n) is 12.1. The molecule has 1 heterocycles. The molecule has 1 aliphatic carbocycles. The summed E-state index contributed by atoms with van der Waals surface area (Å²) in [6.07, 6.45) is 4.65. The van der Waals surface area contributed by atoms with Crippen molar-refractivity contribution in [2.45, 2.75) is 38.6 Å². The molecule has 0 N–H and O–H groups in total. The van der Waals surface area contributed by atoms with Crippen LogP contribution in [0.25, 0.3) is 11.0 Å². The summed E-state index contributed by atoms with van der Waals surface area (Å²) < 4.78 is 7.76. The highest BCUT2D eigenvalue weighted by Gasteiger charge is 2.39. The Morgan fingerprint density at radius 3 is 3.00 bits per heavy atom. The van der Waals surface area contributed by atoms with Crippen LogP contribution in [-0.4, -0.2) is 22.5 Å². The molecule has 0 bridgehead atoms. The quantitative estimate of drug-likeness (QED) is 0.747. The van der Waals surface area contributed by atoms with Gasteiger partial charge in [-0.2, -0.15) is 0 Å². The lowest BCUT2D eigenvalue weighted by Crippen LogP contribution is -2.04. The smallest absolute Gasteiger partial charge is 0.121 e. The summed E-state index contributed by atoms with van der Waals surface area (Å²) in [5.41, 5.74) is 2.24. The van der Waals surface area contributed by atoms with Crippen molar-refractivity contribution in [3.8, 4) is 5.75 Å². The molecule has 0 radical (unpaired) electrons. The van der Waals surface area contributed by atoms with Crippen LogP contribution in [0.2, 0.25) is 0 Å². The Kier molecular flexibility index (Phi) is 3.88. The second kappa shape index (κ2) is 5.65. The van der Waals surface area contributed by atoms with Crippen molar-refractivity contribution in [1.82, 2.24) is 9.55 Å². The van der Waals surface area contributed by atoms with Gasteiger partial charge in [0.05, 0.1) is 18.1 Å². The number of aromatic nitrogens is 2. The van der Waals surface area contributed by atoms with Gasteiger partial charge in [0.2, 0.25) is 0 Å². The maximum absolute atomic E-state index is 5.94. The summed E-state index contributed by atoms with van der Waals surface area (Å²) in [4.78, 5) is 4.76. The molecular weight excluding hydrogens is 272 g/mol. The molecule has 1 fully saturated rings. The van der Waals surface area contributed by atoms with E-state index in [-0.39, 0.29) is 0 Å². The minimum Gasteiger partial charge on any atom is -0.497 e. The molecule has 0 spiro atoms. The fourth-order valence-electron chi connectivity index (χ4n) is 3.11. The standard InChI is InChI=1S/C16H21ClN2O/c1-3-4-11-9-14(11)19-15-10-12(20-2)5-6-13(15)18-16(19)7-8-17/h5-6,10-11,14H,3-4,7-9H2,1-2H3. The lowest BCUT2D eigenvalue weighted by atomic mass is 10.2. The van der Waals surface area contributed by atoms with Gasteiger partial charge in [0.15, 0.2) is 0 Å². The molecule has 2 aromatic rings. The molecule has 4 heteroatoms. The van der Waals surface area contributed by atoms with E-state index in [0.717, 1.165) is 29.4 Å². The van der Waals surface area contributed by atoms with E-state index in [2.05, 4.69) is 17.6 Å². The Labute approximate surface area is 124 Å². The molecule has 2 unspecified atom stereocenters. The molecule has 108 valence electrons. The molecule has 1 aromatic carbocycles. The minimum atomic E-state index is 0.602. The van der Waals surface area contributed by atoms with Gasteiger partial charge in [0.1, 0.15) is 11.6 Å². The average Bonchev–Trinajstić information content (AvgIpc) is 3.11. The van der Waals surface area contributed by atoms with Gasteiger partial charge in [0, 0.05) is 24.4 Å². The number of rotatable bonds is 6. The van der Waals surface area contributed by atoms with Crippen molar-refractivity contribution < 1.29 is 4.74 Å². The van der Waals surface area contributed by atoms with Crippen LogP contribution < -0.4 is 4.74 Å². The van der Waals surface area contributed by atoms with Gasteiger partial charge in [-0.25, -0.2) is 4.98 Å². The second-order valence-electron chi connectivity index (χ2n) is 5.54. The number of hydrogen-bond acceptors (Lipinski definition) is 2. The zero-order chi connectivity index (χ0) is 14.1. The molecule has 0 saturated heterocycles. The Bertz CT molecular complexity index is 608. The van der Waals surface area contributed by atoms with E-state index in [1.165, 1.54) is 24.8 Å². The van der Waals surface area contributed by atoms with Gasteiger partial charge >= 0.3 is 0 Å². The van der Waals surface area contributed by atoms with E-state index in [4.69, 9.17) is 21.3 Å². The van der Waals surface area contributed by atoms with Crippen molar-refractivity contribution >= 4 is 22.6 Å². The van der Waals surface area contributed by atoms with Crippen molar-refractivity contribution in [2.75, 3.05) is 13.0 Å². The maximum Gasteiger partial charge on any atom is 0.121 e. The van der Waals surface area contributed by atoms with Crippen molar-refractivity contribution in [3.05, 3.63) is 24.0 Å². The Morgan fingerprint density at radius 2 is 2.30 bits per heavy atom. The average molecular weight is 293 g/mol. The van der Waals surface area contributed by atoms with Crippen LogP contribution in [0.5, 0.6) is 5.75 Å². The molecule has 1 aromatic heterocycles. The van der Waals surface area contributed by atoms with Gasteiger partial charge in [-0.1, -0.05) is 13.3 Å². The van der Waals surface area contributed by atoms with Gasteiger partial charge in [-0.15, -0.1) is 11.6 Å². The number of hydrogen-bond donors (Lipinski definition) is 0. The number of ether oxygens (including phenoxy) is 1. The monoisotopic (exact) mass is 292 g/mol. The second-order valence-corrected chi connectivity index (χ2v) is 5.92. The fraction of sp³-hybridized carbons (Fsp3) is 0.562. The van der Waals surface area contributed by atoms with Crippen LogP contribution in [0.4, 0.5) is 0 Å². The van der Waals surface area contributed by atoms with Gasteiger partial charge in [-0.3, -0.25) is 0 Å². The highest BCUT2D eigenvalue weighted by Crippen LogP contribution is 2.48. The SMILES string of the molecule is CCCC1CC1n1c(CCCl)nc2ccc(OC)cc21. The van der Waals surface area contributed by atoms with Crippen molar-refractivity contribution in [1.29, 1.82) is 0 Å². The van der Waals surface area contributed by atoms with Crippen LogP contribution in [-0.2, 0) is 6.42 Å². The number of imidazole rings is 1. The van der Waals surface area contributed by atoms with E-state index >= 15 is 0 Å². The highest BCUT2D eigenvalue weighted by molar-refractivity contribution is 6.17. The first kappa shape index (κ1) is 13.7. The fourth-order valence-corrected chi connectivity index (χ4v) is 3.28. The summed E-state index contributed by atoms with van der Waals surface area (Å²) >= 11 is 5.94. The largest absolute Gasteiger partial charge is 0.497 e. The summed E-state index contributed by atoms with van der Waals surface area (Å²) in [7, 11) is 1.71. The van der Waals surface area contributed by atoms with Crippen molar-refractivity contribution in [3.63, 3.8) is 0 Å². The van der Waals surface area contributed by atoms with E-state index < -0.39 is 0 Å². The Hall–Kier alpha value is -1.22. The molecule has 3 rings (SSSR count). The van der Waals surface area contributed by atoms with Gasteiger partial charge < -0.3 is 9.30 Å². The number of methoxy groups -OCH3 is 1. The summed E-state index contributed by atoms with van der Waals surface area (Å²) in [5, 5.41) is 0. The number of benzene rings is 1. The molecular formula is C16H21ClN2O. The van der Waals surface area contributed by atoms with Gasteiger partial charge in [-0.05, 0) is 30.9 Å². The Morgan fingerprint density at radius 1 is 1.45 bits per heavy atom. The normalized spacial score (nSPS) is 21.4. The minimum absolute atomic E-state index is 0.602. The van der Waals surface area contributed by atoms with E-state index in [9.17, 15) is 0 Å². The summed E-state index contributed by atoms with van der Waals surface area (Å²) in [6.45, 7) is 2.25. The number of aryl methyl sites for hydroxylation is 1. The molecule has 20 heavy (non-hydrogen) atoms. The van der Waals surface area contributed by atoms with Gasteiger partial charge in [0.25, 0.3) is 0 Å². The lowest BCUT2D eigenvalue weighted by molar-refractivity contribution is 0.415. The number of fused-ring (bicyclic) bond motifs is 1. The highest BCUT2D eigenvalue weighted by atomic mass is 35.5. The van der Waals surface area contributed by atoms with Crippen molar-refractivity contribution in [2.24, 2.45) is 5.92 Å². The topological polar surface area (TPSA) is 27.1 Å². The maximum atomic E-state index is 5.94. The van der Waals surface area contributed by atoms with Crippen LogP contribution in [0.1, 0.15) is 38.1 Å². The van der Waals surface area contributed by atoms with Crippen LogP contribution >= 0.6 is 11.6 Å². The summed E-state index contributed by atoms with van der Waals surface area (Å²) in [5.74, 6) is 3.43. The first-order valence-corrected chi connectivity index (χ1v) is 7.92. The number of nitrogens with zero attached hydrogens (tertiary/aromatic N) is 2. The molecule has 0 aliphatic heterocycles. The molecule has 1 aliphatic rings. The van der Waals surface area contributed by atoms with E-state index in [1.54, 1.807) is 7.11 Å². The zero-order valence-corrected chi connectivity index (χ0v) is 12.9. The molecule has 3 nitrogen and oxygen atoms in total. The third-order valence-corrected chi connectivity index (χ3v) is 4.35. The van der Waals surface area contributed by atoms with Crippen LogP contribution in [0, 0.1) is 5.92 Å². The predicted molar refractivity (Wildman–Crippen MR) is 82.8 cm³/mol. The van der Waals surface area contributed by atoms with E-state index in [1.807, 2.05) is 12.1 Å². The first-order valence-electron chi connectivity index (χ1n) is 7.39. The van der Waals surface area contributed by atoms with E-state index in [0.29, 0.717) is 11.9 Å². The van der Waals surface area contributed by atoms with Crippen LogP contribution in [0.15, 0.2) is 18.2 Å². The third-order valence-electron chi connectivity index (χ3n) is 4.16. The molecule has 1 saturated carbocycles.